The maximum absolute atomic E-state index is 13.4. The number of hydrogen-bond acceptors (Lipinski definition) is 6. The molecule has 0 radical (unpaired) electrons. The SMILES string of the molecule is Cc1cc(S(=O)(=O)Nc2ccccc2-c2nc3ccccc3[nH]2)cc(I)c1Oc1ccc(N=O)c(Cl)c1. The Hall–Kier alpha value is -3.48. The van der Waals surface area contributed by atoms with Crippen LogP contribution >= 0.6 is 34.2 Å². The Morgan fingerprint density at radius 1 is 1.03 bits per heavy atom. The largest absolute Gasteiger partial charge is 0.456 e. The second-order valence-corrected chi connectivity index (χ2v) is 11.4. The standard InChI is InChI=1S/C26H18ClIN4O4S/c1-15-12-17(14-20(28)25(15)36-16-10-11-22(31-33)19(27)13-16)37(34,35)32-21-7-3-2-6-18(21)26-29-23-8-4-5-9-24(23)30-26/h2-14,32H,1H3,(H,29,30). The molecule has 0 amide bonds. The maximum atomic E-state index is 13.4. The van der Waals surface area contributed by atoms with Crippen molar-refractivity contribution in [2.24, 2.45) is 5.18 Å². The molecule has 0 aliphatic rings. The zero-order valence-corrected chi connectivity index (χ0v) is 22.9. The van der Waals surface area contributed by atoms with Gasteiger partial charge in [0.15, 0.2) is 0 Å². The summed E-state index contributed by atoms with van der Waals surface area (Å²) in [5, 5.41) is 3.00. The number of aromatic nitrogens is 2. The van der Waals surface area contributed by atoms with E-state index >= 15 is 0 Å². The zero-order chi connectivity index (χ0) is 26.2. The average Bonchev–Trinajstić information content (AvgIpc) is 3.30. The van der Waals surface area contributed by atoms with Crippen LogP contribution in [0.15, 0.2) is 88.9 Å². The number of para-hydroxylation sites is 3. The fourth-order valence-electron chi connectivity index (χ4n) is 3.79. The summed E-state index contributed by atoms with van der Waals surface area (Å²) in [5.74, 6) is 1.43. The van der Waals surface area contributed by atoms with E-state index in [0.717, 1.165) is 11.0 Å². The number of benzene rings is 4. The van der Waals surface area contributed by atoms with Crippen LogP contribution < -0.4 is 9.46 Å². The van der Waals surface area contributed by atoms with E-state index in [2.05, 4.69) is 19.9 Å². The molecule has 0 fully saturated rings. The molecule has 0 spiro atoms. The van der Waals surface area contributed by atoms with Crippen molar-refractivity contribution in [2.45, 2.75) is 11.8 Å². The number of fused-ring (bicyclic) bond motifs is 1. The molecule has 0 atom stereocenters. The van der Waals surface area contributed by atoms with Gasteiger partial charge in [-0.2, -0.15) is 0 Å². The first-order chi connectivity index (χ1) is 17.7. The first kappa shape index (κ1) is 25.2. The molecule has 1 heterocycles. The van der Waals surface area contributed by atoms with Gasteiger partial charge < -0.3 is 9.72 Å². The molecule has 37 heavy (non-hydrogen) atoms. The van der Waals surface area contributed by atoms with Crippen molar-refractivity contribution in [2.75, 3.05) is 4.72 Å². The van der Waals surface area contributed by atoms with E-state index in [-0.39, 0.29) is 15.6 Å². The van der Waals surface area contributed by atoms with Crippen molar-refractivity contribution >= 4 is 66.6 Å². The Morgan fingerprint density at radius 3 is 2.51 bits per heavy atom. The lowest BCUT2D eigenvalue weighted by Gasteiger charge is -2.15. The Bertz CT molecular complexity index is 1720. The summed E-state index contributed by atoms with van der Waals surface area (Å²) in [6.07, 6.45) is 0. The second-order valence-electron chi connectivity index (χ2n) is 8.11. The van der Waals surface area contributed by atoms with Crippen molar-refractivity contribution in [1.29, 1.82) is 0 Å². The van der Waals surface area contributed by atoms with E-state index in [4.69, 9.17) is 16.3 Å². The molecule has 4 aromatic carbocycles. The zero-order valence-electron chi connectivity index (χ0n) is 19.2. The van der Waals surface area contributed by atoms with Crippen LogP contribution in [0.1, 0.15) is 5.56 Å². The van der Waals surface area contributed by atoms with Crippen molar-refractivity contribution in [3.63, 3.8) is 0 Å². The minimum atomic E-state index is -3.94. The van der Waals surface area contributed by atoms with Gasteiger partial charge in [0.05, 0.1) is 30.2 Å². The van der Waals surface area contributed by atoms with Crippen LogP contribution in [0.4, 0.5) is 11.4 Å². The van der Waals surface area contributed by atoms with Crippen molar-refractivity contribution in [3.8, 4) is 22.9 Å². The monoisotopic (exact) mass is 644 g/mol. The Morgan fingerprint density at radius 2 is 1.78 bits per heavy atom. The number of anilines is 1. The topological polar surface area (TPSA) is 114 Å². The van der Waals surface area contributed by atoms with Crippen molar-refractivity contribution in [3.05, 3.63) is 97.9 Å². The van der Waals surface area contributed by atoms with E-state index < -0.39 is 10.0 Å². The van der Waals surface area contributed by atoms with Crippen LogP contribution in [-0.4, -0.2) is 18.4 Å². The smallest absolute Gasteiger partial charge is 0.261 e. The second kappa shape index (κ2) is 10.1. The minimum Gasteiger partial charge on any atom is -0.456 e. The summed E-state index contributed by atoms with van der Waals surface area (Å²) < 4.78 is 36.0. The van der Waals surface area contributed by atoms with Gasteiger partial charge in [-0.3, -0.25) is 4.72 Å². The molecule has 0 bridgehead atoms. The van der Waals surface area contributed by atoms with Gasteiger partial charge in [0.1, 0.15) is 23.0 Å². The van der Waals surface area contributed by atoms with Crippen LogP contribution in [0.3, 0.4) is 0 Å². The van der Waals surface area contributed by atoms with Crippen LogP contribution in [0.2, 0.25) is 5.02 Å². The third kappa shape index (κ3) is 5.17. The minimum absolute atomic E-state index is 0.0831. The number of aromatic amines is 1. The number of sulfonamides is 1. The lowest BCUT2D eigenvalue weighted by atomic mass is 10.2. The quantitative estimate of drug-likeness (QED) is 0.139. The van der Waals surface area contributed by atoms with Gasteiger partial charge >= 0.3 is 0 Å². The average molecular weight is 645 g/mol. The number of H-pyrrole nitrogens is 1. The molecule has 5 aromatic rings. The number of imidazole rings is 1. The van der Waals surface area contributed by atoms with Crippen molar-refractivity contribution < 1.29 is 13.2 Å². The number of hydrogen-bond donors (Lipinski definition) is 2. The summed E-state index contributed by atoms with van der Waals surface area (Å²) >= 11 is 8.07. The fraction of sp³-hybridized carbons (Fsp3) is 0.0385. The highest BCUT2D eigenvalue weighted by molar-refractivity contribution is 14.1. The molecule has 5 rings (SSSR count). The molecule has 8 nitrogen and oxygen atoms in total. The van der Waals surface area contributed by atoms with Crippen LogP contribution in [0, 0.1) is 15.4 Å². The molecule has 186 valence electrons. The molecular weight excluding hydrogens is 627 g/mol. The Kier molecular flexibility index (Phi) is 6.88. The highest BCUT2D eigenvalue weighted by Gasteiger charge is 2.21. The van der Waals surface area contributed by atoms with E-state index in [1.807, 2.05) is 52.9 Å². The first-order valence-corrected chi connectivity index (χ1v) is 13.9. The molecule has 0 aliphatic heterocycles. The van der Waals surface area contributed by atoms with Gasteiger partial charge in [0.2, 0.25) is 0 Å². The Labute approximate surface area is 231 Å². The fourth-order valence-corrected chi connectivity index (χ4v) is 6.27. The molecule has 0 saturated carbocycles. The summed E-state index contributed by atoms with van der Waals surface area (Å²) in [4.78, 5) is 18.7. The van der Waals surface area contributed by atoms with E-state index in [0.29, 0.717) is 37.7 Å². The highest BCUT2D eigenvalue weighted by atomic mass is 127. The maximum Gasteiger partial charge on any atom is 0.261 e. The van der Waals surface area contributed by atoms with E-state index in [1.54, 1.807) is 31.2 Å². The predicted octanol–water partition coefficient (Wildman–Crippen LogP) is 7.79. The summed E-state index contributed by atoms with van der Waals surface area (Å²) in [5.41, 5.74) is 3.37. The molecule has 0 saturated heterocycles. The van der Waals surface area contributed by atoms with E-state index in [9.17, 15) is 13.3 Å². The molecule has 0 aliphatic carbocycles. The van der Waals surface area contributed by atoms with Crippen molar-refractivity contribution in [1.82, 2.24) is 9.97 Å². The number of halogens is 2. The highest BCUT2D eigenvalue weighted by Crippen LogP contribution is 2.36. The van der Waals surface area contributed by atoms with Gasteiger partial charge in [-0.15, -0.1) is 4.91 Å². The van der Waals surface area contributed by atoms with Gasteiger partial charge in [0, 0.05) is 11.6 Å². The lowest BCUT2D eigenvalue weighted by molar-refractivity contribution is 0.475. The number of nitroso groups, excluding NO2 is 1. The number of nitrogens with zero attached hydrogens (tertiary/aromatic N) is 2. The third-order valence-electron chi connectivity index (χ3n) is 5.57. The third-order valence-corrected chi connectivity index (χ3v) is 8.02. The van der Waals surface area contributed by atoms with Gasteiger partial charge in [-0.1, -0.05) is 35.9 Å². The van der Waals surface area contributed by atoms with Gasteiger partial charge in [0.25, 0.3) is 10.0 Å². The van der Waals surface area contributed by atoms with Crippen LogP contribution in [0.5, 0.6) is 11.5 Å². The normalized spacial score (nSPS) is 11.4. The van der Waals surface area contributed by atoms with Gasteiger partial charge in [-0.25, -0.2) is 13.4 Å². The summed E-state index contributed by atoms with van der Waals surface area (Å²) in [7, 11) is -3.94. The number of aryl methyl sites for hydroxylation is 1. The number of nitrogens with one attached hydrogen (secondary N) is 2. The predicted molar refractivity (Wildman–Crippen MR) is 153 cm³/mol. The summed E-state index contributed by atoms with van der Waals surface area (Å²) in [6, 6.07) is 22.2. The molecule has 11 heteroatoms. The molecule has 0 unspecified atom stereocenters. The van der Waals surface area contributed by atoms with Gasteiger partial charge in [-0.05, 0) is 88.8 Å². The summed E-state index contributed by atoms with van der Waals surface area (Å²) in [6.45, 7) is 1.75. The Balaban J connectivity index is 1.45. The van der Waals surface area contributed by atoms with Crippen LogP contribution in [-0.2, 0) is 10.0 Å². The lowest BCUT2D eigenvalue weighted by Crippen LogP contribution is -2.14. The number of rotatable bonds is 7. The molecule has 2 N–H and O–H groups in total. The molecular formula is C26H18ClIN4O4S. The van der Waals surface area contributed by atoms with Crippen LogP contribution in [0.25, 0.3) is 22.4 Å². The van der Waals surface area contributed by atoms with E-state index in [1.165, 1.54) is 24.3 Å². The molecule has 1 aromatic heterocycles. The first-order valence-electron chi connectivity index (χ1n) is 10.9. The number of ether oxygens (including phenoxy) is 1.